The summed E-state index contributed by atoms with van der Waals surface area (Å²) in [6.45, 7) is 0.424. The van der Waals surface area contributed by atoms with Crippen LogP contribution in [0.5, 0.6) is 0 Å². The van der Waals surface area contributed by atoms with Gasteiger partial charge in [-0.15, -0.1) is 11.8 Å². The Bertz CT molecular complexity index is 734. The summed E-state index contributed by atoms with van der Waals surface area (Å²) in [5.41, 5.74) is 0.606. The van der Waals surface area contributed by atoms with Crippen molar-refractivity contribution in [1.29, 1.82) is 0 Å². The number of hydrogen-bond donors (Lipinski definition) is 1. The van der Waals surface area contributed by atoms with Crippen molar-refractivity contribution in [2.24, 2.45) is 0 Å². The van der Waals surface area contributed by atoms with Gasteiger partial charge in [-0.3, -0.25) is 14.5 Å². The molecule has 1 aromatic heterocycles. The minimum Gasteiger partial charge on any atom is -0.468 e. The molecule has 0 aliphatic carbocycles. The Kier molecular flexibility index (Phi) is 6.00. The minimum absolute atomic E-state index is 0.0544. The average Bonchev–Trinajstić information content (AvgIpc) is 3.33. The minimum atomic E-state index is -0.452. The highest BCUT2D eigenvalue weighted by atomic mass is 32.2. The van der Waals surface area contributed by atoms with Gasteiger partial charge in [-0.2, -0.15) is 0 Å². The first kappa shape index (κ1) is 18.5. The van der Waals surface area contributed by atoms with Crippen LogP contribution in [0, 0.1) is 0 Å². The zero-order valence-corrected chi connectivity index (χ0v) is 15.7. The molecule has 138 valence electrons. The van der Waals surface area contributed by atoms with Crippen LogP contribution in [0.3, 0.4) is 0 Å². The van der Waals surface area contributed by atoms with Gasteiger partial charge in [0.05, 0.1) is 18.2 Å². The molecule has 1 N–H and O–H groups in total. The normalized spacial score (nSPS) is 18.1. The molecule has 1 fully saturated rings. The molecule has 2 aromatic rings. The summed E-state index contributed by atoms with van der Waals surface area (Å²) in [5.74, 6) is 1.70. The van der Waals surface area contributed by atoms with Gasteiger partial charge in [0.1, 0.15) is 11.8 Å². The van der Waals surface area contributed by atoms with Crippen molar-refractivity contribution in [2.45, 2.75) is 12.1 Å². The maximum absolute atomic E-state index is 12.7. The zero-order chi connectivity index (χ0) is 18.5. The lowest BCUT2D eigenvalue weighted by Gasteiger charge is -2.26. The number of carbonyl (C=O) groups excluding carboxylic acids is 2. The summed E-state index contributed by atoms with van der Waals surface area (Å²) in [5, 5.41) is 2.98. The molecule has 2 atom stereocenters. The van der Waals surface area contributed by atoms with Crippen molar-refractivity contribution in [1.82, 2.24) is 15.1 Å². The number of nitrogens with one attached hydrogen (secondary N) is 1. The topological polar surface area (TPSA) is 65.8 Å². The maximum atomic E-state index is 12.7. The van der Waals surface area contributed by atoms with E-state index in [1.807, 2.05) is 49.3 Å². The Labute approximate surface area is 157 Å². The van der Waals surface area contributed by atoms with Crippen LogP contribution in [-0.4, -0.2) is 59.9 Å². The molecule has 1 aromatic carbocycles. The molecule has 2 heterocycles. The van der Waals surface area contributed by atoms with Crippen LogP contribution >= 0.6 is 11.8 Å². The van der Waals surface area contributed by atoms with E-state index in [2.05, 4.69) is 5.32 Å². The second-order valence-electron chi connectivity index (χ2n) is 6.40. The van der Waals surface area contributed by atoms with E-state index in [0.29, 0.717) is 23.7 Å². The Hall–Kier alpha value is -2.25. The largest absolute Gasteiger partial charge is 0.468 e. The summed E-state index contributed by atoms with van der Waals surface area (Å²) in [6.07, 6.45) is 1.63. The highest BCUT2D eigenvalue weighted by Gasteiger charge is 2.35. The monoisotopic (exact) mass is 373 g/mol. The molecule has 2 unspecified atom stereocenters. The molecule has 1 aliphatic rings. The van der Waals surface area contributed by atoms with Gasteiger partial charge in [0, 0.05) is 17.9 Å². The average molecular weight is 373 g/mol. The number of likely N-dealkylation sites (N-methyl/N-ethyl adjacent to an activating group) is 1. The van der Waals surface area contributed by atoms with Gasteiger partial charge in [0.2, 0.25) is 5.91 Å². The fraction of sp³-hybridized carbons (Fsp3) is 0.368. The molecule has 1 aliphatic heterocycles. The van der Waals surface area contributed by atoms with Crippen molar-refractivity contribution < 1.29 is 14.0 Å². The van der Waals surface area contributed by atoms with E-state index in [9.17, 15) is 9.59 Å². The van der Waals surface area contributed by atoms with E-state index >= 15 is 0 Å². The van der Waals surface area contributed by atoms with Crippen LogP contribution in [0.15, 0.2) is 53.1 Å². The Morgan fingerprint density at radius 2 is 2.04 bits per heavy atom. The van der Waals surface area contributed by atoms with E-state index in [-0.39, 0.29) is 17.9 Å². The van der Waals surface area contributed by atoms with Crippen LogP contribution in [0.4, 0.5) is 0 Å². The Morgan fingerprint density at radius 3 is 2.69 bits per heavy atom. The number of benzene rings is 1. The van der Waals surface area contributed by atoms with E-state index in [1.165, 1.54) is 0 Å². The van der Waals surface area contributed by atoms with Gasteiger partial charge in [-0.05, 0) is 38.4 Å². The molecule has 0 bridgehead atoms. The van der Waals surface area contributed by atoms with Crippen molar-refractivity contribution in [3.8, 4) is 0 Å². The second kappa shape index (κ2) is 8.42. The van der Waals surface area contributed by atoms with Gasteiger partial charge in [-0.1, -0.05) is 18.2 Å². The van der Waals surface area contributed by atoms with E-state index < -0.39 is 6.04 Å². The predicted octanol–water partition coefficient (Wildman–Crippen LogP) is 2.21. The molecule has 0 spiro atoms. The zero-order valence-electron chi connectivity index (χ0n) is 14.9. The van der Waals surface area contributed by atoms with Crippen LogP contribution in [0.2, 0.25) is 0 Å². The first-order chi connectivity index (χ1) is 12.6. The Morgan fingerprint density at radius 1 is 1.27 bits per heavy atom. The fourth-order valence-corrected chi connectivity index (χ4v) is 4.09. The standard InChI is InChI=1S/C19H23N3O3S/c1-21(2)15(17-9-6-10-25-17)11-20-18(23)16-12-26-13-22(16)19(24)14-7-4-3-5-8-14/h3-10,15-16H,11-13H2,1-2H3,(H,20,23). The maximum Gasteiger partial charge on any atom is 0.255 e. The molecular weight excluding hydrogens is 350 g/mol. The molecule has 3 rings (SSSR count). The summed E-state index contributed by atoms with van der Waals surface area (Å²) in [4.78, 5) is 29.1. The smallest absolute Gasteiger partial charge is 0.255 e. The summed E-state index contributed by atoms with van der Waals surface area (Å²) < 4.78 is 5.47. The van der Waals surface area contributed by atoms with Crippen LogP contribution in [0.25, 0.3) is 0 Å². The third-order valence-corrected chi connectivity index (χ3v) is 5.44. The quantitative estimate of drug-likeness (QED) is 0.841. The van der Waals surface area contributed by atoms with Crippen molar-refractivity contribution >= 4 is 23.6 Å². The molecule has 0 saturated carbocycles. The summed E-state index contributed by atoms with van der Waals surface area (Å²) in [6, 6.07) is 12.3. The number of nitrogens with zero attached hydrogens (tertiary/aromatic N) is 2. The SMILES string of the molecule is CN(C)C(CNC(=O)C1CSCN1C(=O)c1ccccc1)c1ccco1. The van der Waals surface area contributed by atoms with E-state index in [0.717, 1.165) is 5.76 Å². The van der Waals surface area contributed by atoms with Crippen molar-refractivity contribution in [2.75, 3.05) is 32.3 Å². The Balaban J connectivity index is 1.64. The molecule has 6 nitrogen and oxygen atoms in total. The number of furan rings is 1. The number of hydrogen-bond acceptors (Lipinski definition) is 5. The van der Waals surface area contributed by atoms with Gasteiger partial charge >= 0.3 is 0 Å². The molecule has 1 saturated heterocycles. The number of carbonyl (C=O) groups is 2. The lowest BCUT2D eigenvalue weighted by Crippen LogP contribution is -2.48. The van der Waals surface area contributed by atoms with Gasteiger partial charge in [0.15, 0.2) is 0 Å². The lowest BCUT2D eigenvalue weighted by atomic mass is 10.1. The van der Waals surface area contributed by atoms with Crippen molar-refractivity contribution in [3.63, 3.8) is 0 Å². The molecule has 7 heteroatoms. The van der Waals surface area contributed by atoms with Crippen molar-refractivity contribution in [3.05, 3.63) is 60.1 Å². The van der Waals surface area contributed by atoms with Crippen LogP contribution < -0.4 is 5.32 Å². The highest BCUT2D eigenvalue weighted by molar-refractivity contribution is 7.99. The molecule has 26 heavy (non-hydrogen) atoms. The van der Waals surface area contributed by atoms with Gasteiger partial charge in [-0.25, -0.2) is 0 Å². The summed E-state index contributed by atoms with van der Waals surface area (Å²) >= 11 is 1.60. The molecular formula is C19H23N3O3S. The number of amides is 2. The molecule has 2 amide bonds. The number of thioether (sulfide) groups is 1. The third-order valence-electron chi connectivity index (χ3n) is 4.43. The first-order valence-corrected chi connectivity index (χ1v) is 9.64. The van der Waals surface area contributed by atoms with Crippen LogP contribution in [0.1, 0.15) is 22.2 Å². The summed E-state index contributed by atoms with van der Waals surface area (Å²) in [7, 11) is 3.88. The highest BCUT2D eigenvalue weighted by Crippen LogP contribution is 2.24. The third kappa shape index (κ3) is 4.11. The predicted molar refractivity (Wildman–Crippen MR) is 102 cm³/mol. The van der Waals surface area contributed by atoms with Crippen LogP contribution in [-0.2, 0) is 4.79 Å². The molecule has 0 radical (unpaired) electrons. The van der Waals surface area contributed by atoms with E-state index in [4.69, 9.17) is 4.42 Å². The second-order valence-corrected chi connectivity index (χ2v) is 7.40. The number of rotatable bonds is 6. The van der Waals surface area contributed by atoms with Gasteiger partial charge in [0.25, 0.3) is 5.91 Å². The van der Waals surface area contributed by atoms with E-state index in [1.54, 1.807) is 35.1 Å². The lowest BCUT2D eigenvalue weighted by molar-refractivity contribution is -0.124. The van der Waals surface area contributed by atoms with Gasteiger partial charge < -0.3 is 14.6 Å². The first-order valence-electron chi connectivity index (χ1n) is 8.49. The fourth-order valence-electron chi connectivity index (χ4n) is 2.94.